The monoisotopic (exact) mass is 229 g/mol. The third kappa shape index (κ3) is 11.2. The van der Waals surface area contributed by atoms with E-state index >= 15 is 0 Å². The van der Waals surface area contributed by atoms with Gasteiger partial charge in [-0.2, -0.15) is 0 Å². The van der Waals surface area contributed by atoms with Gasteiger partial charge in [-0.05, 0) is 25.7 Å². The summed E-state index contributed by atoms with van der Waals surface area (Å²) >= 11 is 0. The molecule has 1 atom stereocenters. The summed E-state index contributed by atoms with van der Waals surface area (Å²) in [5, 5.41) is 17.0. The molecule has 0 saturated carbocycles. The quantitative estimate of drug-likeness (QED) is 0.393. The van der Waals surface area contributed by atoms with Gasteiger partial charge in [0.05, 0.1) is 6.42 Å². The zero-order valence-corrected chi connectivity index (χ0v) is 9.77. The molecule has 0 bridgehead atoms. The summed E-state index contributed by atoms with van der Waals surface area (Å²) in [5.41, 5.74) is 5.60. The number of carboxylic acid groups (broad SMARTS) is 1. The normalized spacial score (nSPS) is 13.1. The van der Waals surface area contributed by atoms with Crippen LogP contribution < -0.4 is 5.73 Å². The van der Waals surface area contributed by atoms with E-state index in [1.54, 1.807) is 0 Å². The highest BCUT2D eigenvalue weighted by Gasteiger charge is 2.04. The molecule has 0 aliphatic heterocycles. The van der Waals surface area contributed by atoms with Gasteiger partial charge in [0, 0.05) is 12.6 Å². The summed E-state index contributed by atoms with van der Waals surface area (Å²) in [7, 11) is 0. The molecule has 0 aromatic rings. The van der Waals surface area contributed by atoms with Crippen LogP contribution in [0.2, 0.25) is 0 Å². The predicted molar refractivity (Wildman–Crippen MR) is 64.2 cm³/mol. The molecule has 0 aliphatic carbocycles. The Labute approximate surface area is 97.2 Å². The molecular weight excluding hydrogens is 206 g/mol. The summed E-state index contributed by atoms with van der Waals surface area (Å²) in [6.07, 6.45) is 9.88. The van der Waals surface area contributed by atoms with E-state index in [1.807, 2.05) is 6.08 Å². The molecule has 1 unspecified atom stereocenters. The van der Waals surface area contributed by atoms with Crippen LogP contribution in [-0.4, -0.2) is 28.8 Å². The van der Waals surface area contributed by atoms with Gasteiger partial charge in [0.2, 0.25) is 0 Å². The molecular formula is C12H23NO3. The van der Waals surface area contributed by atoms with E-state index in [0.29, 0.717) is 6.42 Å². The van der Waals surface area contributed by atoms with Gasteiger partial charge >= 0.3 is 5.97 Å². The zero-order chi connectivity index (χ0) is 12.2. The molecule has 0 aromatic heterocycles. The van der Waals surface area contributed by atoms with Crippen molar-refractivity contribution in [2.75, 3.05) is 6.61 Å². The maximum absolute atomic E-state index is 10.3. The first-order chi connectivity index (χ1) is 7.66. The van der Waals surface area contributed by atoms with Gasteiger partial charge in [0.1, 0.15) is 0 Å². The molecule has 0 saturated heterocycles. The highest BCUT2D eigenvalue weighted by Crippen LogP contribution is 2.04. The van der Waals surface area contributed by atoms with Gasteiger partial charge in [-0.3, -0.25) is 4.79 Å². The van der Waals surface area contributed by atoms with Gasteiger partial charge in [-0.1, -0.05) is 25.0 Å². The molecule has 0 spiro atoms. The SMILES string of the molecule is NC(C/C=C\CCCCCCO)CC(=O)O. The number of rotatable bonds is 10. The Morgan fingerprint density at radius 1 is 1.19 bits per heavy atom. The first kappa shape index (κ1) is 15.1. The number of carbonyl (C=O) groups is 1. The lowest BCUT2D eigenvalue weighted by Crippen LogP contribution is -2.22. The van der Waals surface area contributed by atoms with E-state index < -0.39 is 5.97 Å². The van der Waals surface area contributed by atoms with Gasteiger partial charge in [0.15, 0.2) is 0 Å². The van der Waals surface area contributed by atoms with Crippen molar-refractivity contribution >= 4 is 5.97 Å². The second kappa shape index (κ2) is 10.6. The molecule has 4 heteroatoms. The smallest absolute Gasteiger partial charge is 0.304 e. The lowest BCUT2D eigenvalue weighted by molar-refractivity contribution is -0.137. The van der Waals surface area contributed by atoms with Gasteiger partial charge in [0.25, 0.3) is 0 Å². The van der Waals surface area contributed by atoms with Crippen LogP contribution in [-0.2, 0) is 4.79 Å². The molecule has 0 aliphatic rings. The highest BCUT2D eigenvalue weighted by molar-refractivity contribution is 5.67. The lowest BCUT2D eigenvalue weighted by atomic mass is 10.1. The first-order valence-electron chi connectivity index (χ1n) is 5.90. The second-order valence-corrected chi connectivity index (χ2v) is 3.99. The Morgan fingerprint density at radius 3 is 2.50 bits per heavy atom. The van der Waals surface area contributed by atoms with Crippen LogP contribution in [0, 0.1) is 0 Å². The molecule has 0 rings (SSSR count). The minimum Gasteiger partial charge on any atom is -0.481 e. The van der Waals surface area contributed by atoms with Crippen LogP contribution in [0.3, 0.4) is 0 Å². The van der Waals surface area contributed by atoms with E-state index in [2.05, 4.69) is 6.08 Å². The Morgan fingerprint density at radius 2 is 1.88 bits per heavy atom. The van der Waals surface area contributed by atoms with Crippen LogP contribution in [0.1, 0.15) is 44.9 Å². The number of allylic oxidation sites excluding steroid dienone is 1. The maximum atomic E-state index is 10.3. The van der Waals surface area contributed by atoms with E-state index in [9.17, 15) is 4.79 Å². The van der Waals surface area contributed by atoms with Crippen molar-refractivity contribution in [3.63, 3.8) is 0 Å². The summed E-state index contributed by atoms with van der Waals surface area (Å²) in [5.74, 6) is -0.843. The van der Waals surface area contributed by atoms with Crippen molar-refractivity contribution in [2.45, 2.75) is 51.0 Å². The number of hydrogen-bond donors (Lipinski definition) is 3. The standard InChI is InChI=1S/C12H23NO3/c13-11(10-12(15)16)8-6-4-2-1-3-5-7-9-14/h4,6,11,14H,1-3,5,7-10,13H2,(H,15,16)/b6-4-. The number of aliphatic hydroxyl groups is 1. The van der Waals surface area contributed by atoms with Crippen LogP contribution >= 0.6 is 0 Å². The average Bonchev–Trinajstić information content (AvgIpc) is 2.21. The fourth-order valence-corrected chi connectivity index (χ4v) is 1.42. The van der Waals surface area contributed by atoms with Gasteiger partial charge in [-0.25, -0.2) is 0 Å². The number of carboxylic acids is 1. The minimum atomic E-state index is -0.843. The van der Waals surface area contributed by atoms with Gasteiger partial charge in [-0.15, -0.1) is 0 Å². The fourth-order valence-electron chi connectivity index (χ4n) is 1.42. The van der Waals surface area contributed by atoms with Crippen LogP contribution in [0.4, 0.5) is 0 Å². The molecule has 0 heterocycles. The van der Waals surface area contributed by atoms with Crippen molar-refractivity contribution in [1.29, 1.82) is 0 Å². The molecule has 16 heavy (non-hydrogen) atoms. The minimum absolute atomic E-state index is 0.0286. The number of unbranched alkanes of at least 4 members (excludes halogenated alkanes) is 4. The summed E-state index contributed by atoms with van der Waals surface area (Å²) in [6, 6.07) is -0.275. The summed E-state index contributed by atoms with van der Waals surface area (Å²) in [4.78, 5) is 10.3. The molecule has 4 N–H and O–H groups in total. The Hall–Kier alpha value is -0.870. The van der Waals surface area contributed by atoms with E-state index in [0.717, 1.165) is 32.1 Å². The van der Waals surface area contributed by atoms with Crippen molar-refractivity contribution in [3.8, 4) is 0 Å². The zero-order valence-electron chi connectivity index (χ0n) is 9.77. The number of aliphatic hydroxyl groups excluding tert-OH is 1. The first-order valence-corrected chi connectivity index (χ1v) is 5.90. The van der Waals surface area contributed by atoms with Crippen LogP contribution in [0.15, 0.2) is 12.2 Å². The number of nitrogens with two attached hydrogens (primary N) is 1. The van der Waals surface area contributed by atoms with Gasteiger partial charge < -0.3 is 15.9 Å². The topological polar surface area (TPSA) is 83.5 Å². The van der Waals surface area contributed by atoms with Crippen LogP contribution in [0.25, 0.3) is 0 Å². The Kier molecular flexibility index (Phi) is 10.1. The largest absolute Gasteiger partial charge is 0.481 e. The van der Waals surface area contributed by atoms with E-state index in [-0.39, 0.29) is 19.1 Å². The van der Waals surface area contributed by atoms with E-state index in [1.165, 1.54) is 0 Å². The Bertz CT molecular complexity index is 204. The van der Waals surface area contributed by atoms with Crippen molar-refractivity contribution in [3.05, 3.63) is 12.2 Å². The van der Waals surface area contributed by atoms with Crippen molar-refractivity contribution in [1.82, 2.24) is 0 Å². The molecule has 0 radical (unpaired) electrons. The maximum Gasteiger partial charge on any atom is 0.304 e. The Balaban J connectivity index is 3.30. The molecule has 0 aromatic carbocycles. The molecule has 0 amide bonds. The second-order valence-electron chi connectivity index (χ2n) is 3.99. The number of aliphatic carboxylic acids is 1. The lowest BCUT2D eigenvalue weighted by Gasteiger charge is -2.03. The molecule has 4 nitrogen and oxygen atoms in total. The predicted octanol–water partition coefficient (Wildman–Crippen LogP) is 1.68. The van der Waals surface area contributed by atoms with E-state index in [4.69, 9.17) is 15.9 Å². The molecule has 94 valence electrons. The average molecular weight is 229 g/mol. The highest BCUT2D eigenvalue weighted by atomic mass is 16.4. The van der Waals surface area contributed by atoms with Crippen molar-refractivity contribution < 1.29 is 15.0 Å². The third-order valence-corrected chi connectivity index (χ3v) is 2.32. The summed E-state index contributed by atoms with van der Waals surface area (Å²) in [6.45, 7) is 0.278. The fraction of sp³-hybridized carbons (Fsp3) is 0.750. The van der Waals surface area contributed by atoms with Crippen molar-refractivity contribution in [2.24, 2.45) is 5.73 Å². The summed E-state index contributed by atoms with van der Waals surface area (Å²) < 4.78 is 0. The number of hydrogen-bond acceptors (Lipinski definition) is 3. The van der Waals surface area contributed by atoms with Crippen LogP contribution in [0.5, 0.6) is 0 Å². The third-order valence-electron chi connectivity index (χ3n) is 2.32. The molecule has 0 fully saturated rings.